The number of nitrogens with zero attached hydrogens (tertiary/aromatic N) is 4. The van der Waals surface area contributed by atoms with Gasteiger partial charge < -0.3 is 10.2 Å². The minimum Gasteiger partial charge on any atom is -0.357 e. The number of aliphatic imine (C=N–C) groups is 1. The Kier molecular flexibility index (Phi) is 6.88. The Labute approximate surface area is 168 Å². The van der Waals surface area contributed by atoms with Crippen molar-refractivity contribution in [1.29, 1.82) is 0 Å². The molecule has 0 amide bonds. The summed E-state index contributed by atoms with van der Waals surface area (Å²) in [5.41, 5.74) is 2.04. The van der Waals surface area contributed by atoms with Crippen LogP contribution >= 0.6 is 15.9 Å². The van der Waals surface area contributed by atoms with Crippen LogP contribution < -0.4 is 5.32 Å². The van der Waals surface area contributed by atoms with Gasteiger partial charge in [-0.1, -0.05) is 22.0 Å². The van der Waals surface area contributed by atoms with Crippen molar-refractivity contribution >= 4 is 21.9 Å². The summed E-state index contributed by atoms with van der Waals surface area (Å²) >= 11 is 3.29. The van der Waals surface area contributed by atoms with E-state index in [1.807, 2.05) is 30.1 Å². The lowest BCUT2D eigenvalue weighted by Crippen LogP contribution is -2.40. The Hall–Kier alpha value is -1.89. The third-order valence-electron chi connectivity index (χ3n) is 4.90. The lowest BCUT2D eigenvalue weighted by molar-refractivity contribution is 0.485. The molecule has 2 aromatic rings. The quantitative estimate of drug-likeness (QED) is 0.427. The number of nitrogens with one attached hydrogen (secondary N) is 1. The number of benzene rings is 1. The average molecular weight is 436 g/mol. The summed E-state index contributed by atoms with van der Waals surface area (Å²) in [6.45, 7) is 5.56. The molecule has 1 aromatic heterocycles. The van der Waals surface area contributed by atoms with Gasteiger partial charge in [-0.2, -0.15) is 5.10 Å². The highest BCUT2D eigenvalue weighted by atomic mass is 79.9. The van der Waals surface area contributed by atoms with Crippen molar-refractivity contribution in [2.45, 2.75) is 32.1 Å². The number of guanidine groups is 1. The van der Waals surface area contributed by atoms with Crippen LogP contribution in [0.3, 0.4) is 0 Å². The number of hydrogen-bond acceptors (Lipinski definition) is 2. The molecule has 0 bridgehead atoms. The van der Waals surface area contributed by atoms with Crippen LogP contribution in [0.1, 0.15) is 36.8 Å². The van der Waals surface area contributed by atoms with Gasteiger partial charge in [-0.3, -0.25) is 9.67 Å². The largest absolute Gasteiger partial charge is 0.357 e. The molecule has 0 aliphatic carbocycles. The van der Waals surface area contributed by atoms with Crippen molar-refractivity contribution in [1.82, 2.24) is 20.0 Å². The van der Waals surface area contributed by atoms with Gasteiger partial charge in [0.1, 0.15) is 5.82 Å². The normalized spacial score (nSPS) is 17.6. The third-order valence-corrected chi connectivity index (χ3v) is 5.39. The standard InChI is InChI=1S/C20H27BrFN5/c1-3-23-20(24-9-4-5-15-6-7-18(21)11-19(15)22)27-10-8-16(14-27)17-12-25-26(2)13-17/h6-7,11-13,16H,3-5,8-10,14H2,1-2H3,(H,23,24). The first-order valence-corrected chi connectivity index (χ1v) is 10.3. The highest BCUT2D eigenvalue weighted by Crippen LogP contribution is 2.26. The van der Waals surface area contributed by atoms with E-state index < -0.39 is 0 Å². The molecular formula is C20H27BrFN5. The number of rotatable bonds is 6. The van der Waals surface area contributed by atoms with Crippen molar-refractivity contribution in [2.24, 2.45) is 12.0 Å². The van der Waals surface area contributed by atoms with Crippen molar-refractivity contribution in [3.8, 4) is 0 Å². The number of halogens is 2. The summed E-state index contributed by atoms with van der Waals surface area (Å²) in [6, 6.07) is 5.24. The SMILES string of the molecule is CCNC(=NCCCc1ccc(Br)cc1F)N1CCC(c2cnn(C)c2)C1. The Bertz CT molecular complexity index is 788. The molecule has 1 aliphatic heterocycles. The van der Waals surface area contributed by atoms with E-state index in [0.29, 0.717) is 18.9 Å². The molecule has 3 rings (SSSR count). The molecule has 27 heavy (non-hydrogen) atoms. The topological polar surface area (TPSA) is 45.5 Å². The minimum absolute atomic E-state index is 0.154. The summed E-state index contributed by atoms with van der Waals surface area (Å²) in [5.74, 6) is 1.30. The third kappa shape index (κ3) is 5.31. The molecule has 0 saturated carbocycles. The molecule has 146 valence electrons. The second-order valence-corrected chi connectivity index (χ2v) is 7.87. The van der Waals surface area contributed by atoms with E-state index in [2.05, 4.69) is 44.4 Å². The van der Waals surface area contributed by atoms with E-state index in [4.69, 9.17) is 4.99 Å². The molecule has 0 radical (unpaired) electrons. The molecular weight excluding hydrogens is 409 g/mol. The molecule has 1 aromatic carbocycles. The predicted octanol–water partition coefficient (Wildman–Crippen LogP) is 3.71. The Morgan fingerprint density at radius 1 is 1.44 bits per heavy atom. The first kappa shape index (κ1) is 19.9. The minimum atomic E-state index is -0.154. The molecule has 1 saturated heterocycles. The van der Waals surface area contributed by atoms with Crippen molar-refractivity contribution in [2.75, 3.05) is 26.2 Å². The highest BCUT2D eigenvalue weighted by Gasteiger charge is 2.26. The predicted molar refractivity (Wildman–Crippen MR) is 111 cm³/mol. The monoisotopic (exact) mass is 435 g/mol. The maximum atomic E-state index is 13.9. The number of aromatic nitrogens is 2. The van der Waals surface area contributed by atoms with E-state index in [9.17, 15) is 4.39 Å². The maximum Gasteiger partial charge on any atom is 0.193 e. The summed E-state index contributed by atoms with van der Waals surface area (Å²) in [7, 11) is 1.95. The molecule has 5 nitrogen and oxygen atoms in total. The van der Waals surface area contributed by atoms with Crippen LogP contribution in [0, 0.1) is 5.82 Å². The second kappa shape index (κ2) is 9.35. The summed E-state index contributed by atoms with van der Waals surface area (Å²) in [4.78, 5) is 7.09. The van der Waals surface area contributed by atoms with Crippen LogP contribution in [-0.4, -0.2) is 46.8 Å². The molecule has 1 aliphatic rings. The van der Waals surface area contributed by atoms with Gasteiger partial charge in [0.05, 0.1) is 6.20 Å². The average Bonchev–Trinajstić information content (AvgIpc) is 3.28. The van der Waals surface area contributed by atoms with Gasteiger partial charge >= 0.3 is 0 Å². The molecule has 1 atom stereocenters. The van der Waals surface area contributed by atoms with Gasteiger partial charge in [0.15, 0.2) is 5.96 Å². The van der Waals surface area contributed by atoms with Crippen LogP contribution in [0.15, 0.2) is 40.1 Å². The first-order valence-electron chi connectivity index (χ1n) is 9.52. The Morgan fingerprint density at radius 3 is 3.00 bits per heavy atom. The molecule has 0 spiro atoms. The van der Waals surface area contributed by atoms with Crippen LogP contribution in [-0.2, 0) is 13.5 Å². The van der Waals surface area contributed by atoms with Crippen LogP contribution in [0.2, 0.25) is 0 Å². The highest BCUT2D eigenvalue weighted by molar-refractivity contribution is 9.10. The fourth-order valence-corrected chi connectivity index (χ4v) is 3.81. The van der Waals surface area contributed by atoms with Gasteiger partial charge in [-0.05, 0) is 49.4 Å². The first-order chi connectivity index (χ1) is 13.1. The van der Waals surface area contributed by atoms with Gasteiger partial charge in [0.2, 0.25) is 0 Å². The number of hydrogen-bond donors (Lipinski definition) is 1. The maximum absolute atomic E-state index is 13.9. The molecule has 1 fully saturated rings. The molecule has 2 heterocycles. The lowest BCUT2D eigenvalue weighted by atomic mass is 10.0. The smallest absolute Gasteiger partial charge is 0.193 e. The van der Waals surface area contributed by atoms with Crippen molar-refractivity contribution < 1.29 is 4.39 Å². The zero-order valence-electron chi connectivity index (χ0n) is 16.0. The van der Waals surface area contributed by atoms with Crippen LogP contribution in [0.5, 0.6) is 0 Å². The van der Waals surface area contributed by atoms with Gasteiger partial charge in [-0.25, -0.2) is 4.39 Å². The van der Waals surface area contributed by atoms with E-state index in [1.165, 1.54) is 11.6 Å². The summed E-state index contributed by atoms with van der Waals surface area (Å²) < 4.78 is 16.5. The Morgan fingerprint density at radius 2 is 2.30 bits per heavy atom. The van der Waals surface area contributed by atoms with E-state index >= 15 is 0 Å². The van der Waals surface area contributed by atoms with E-state index in [1.54, 1.807) is 0 Å². The summed E-state index contributed by atoms with van der Waals surface area (Å²) in [5, 5.41) is 7.68. The Balaban J connectivity index is 1.55. The van der Waals surface area contributed by atoms with Gasteiger partial charge in [0, 0.05) is 49.8 Å². The van der Waals surface area contributed by atoms with Crippen LogP contribution in [0.4, 0.5) is 4.39 Å². The molecule has 1 N–H and O–H groups in total. The van der Waals surface area contributed by atoms with E-state index in [0.717, 1.165) is 48.5 Å². The fourth-order valence-electron chi connectivity index (χ4n) is 3.48. The van der Waals surface area contributed by atoms with Crippen molar-refractivity contribution in [3.63, 3.8) is 0 Å². The zero-order valence-corrected chi connectivity index (χ0v) is 17.5. The van der Waals surface area contributed by atoms with Gasteiger partial charge in [-0.15, -0.1) is 0 Å². The number of likely N-dealkylation sites (tertiary alicyclic amines) is 1. The van der Waals surface area contributed by atoms with E-state index in [-0.39, 0.29) is 5.82 Å². The molecule has 1 unspecified atom stereocenters. The zero-order chi connectivity index (χ0) is 19.2. The number of aryl methyl sites for hydroxylation is 2. The second-order valence-electron chi connectivity index (χ2n) is 6.95. The molecule has 7 heteroatoms. The van der Waals surface area contributed by atoms with Crippen LogP contribution in [0.25, 0.3) is 0 Å². The van der Waals surface area contributed by atoms with Gasteiger partial charge in [0.25, 0.3) is 0 Å². The summed E-state index contributed by atoms with van der Waals surface area (Å²) in [6.07, 6.45) is 6.70. The lowest BCUT2D eigenvalue weighted by Gasteiger charge is -2.21. The fraction of sp³-hybridized carbons (Fsp3) is 0.500. The van der Waals surface area contributed by atoms with Crippen molar-refractivity contribution in [3.05, 3.63) is 52.0 Å².